The zero-order chi connectivity index (χ0) is 22.1. The summed E-state index contributed by atoms with van der Waals surface area (Å²) >= 11 is 0. The monoisotopic (exact) mass is 425 g/mol. The molecular formula is C21H27N7O3. The Hall–Kier alpha value is -3.50. The van der Waals surface area contributed by atoms with Crippen molar-refractivity contribution in [2.75, 3.05) is 6.54 Å². The van der Waals surface area contributed by atoms with E-state index in [4.69, 9.17) is 5.73 Å². The van der Waals surface area contributed by atoms with E-state index in [1.165, 1.54) is 0 Å². The van der Waals surface area contributed by atoms with Crippen LogP contribution in [0.5, 0.6) is 0 Å². The first-order valence-corrected chi connectivity index (χ1v) is 10.1. The molecule has 0 saturated heterocycles. The third-order valence-electron chi connectivity index (χ3n) is 4.92. The summed E-state index contributed by atoms with van der Waals surface area (Å²) in [6, 6.07) is 5.68. The maximum Gasteiger partial charge on any atom is 0.326 e. The van der Waals surface area contributed by atoms with Gasteiger partial charge in [-0.2, -0.15) is 0 Å². The normalized spacial score (nSPS) is 12.9. The number of aromatic amines is 2. The second kappa shape index (κ2) is 11.0. The number of nitrogens with one attached hydrogen (secondary N) is 4. The number of H-pyrrole nitrogens is 2. The highest BCUT2D eigenvalue weighted by molar-refractivity contribution is 5.96. The summed E-state index contributed by atoms with van der Waals surface area (Å²) in [7, 11) is 0. The van der Waals surface area contributed by atoms with Gasteiger partial charge in [-0.25, -0.2) is 14.8 Å². The zero-order valence-corrected chi connectivity index (χ0v) is 17.0. The molecule has 0 aliphatic carbocycles. The number of aromatic nitrogens is 4. The fourth-order valence-electron chi connectivity index (χ4n) is 3.17. The zero-order valence-electron chi connectivity index (χ0n) is 17.0. The number of rotatable bonds is 12. The molecule has 3 aromatic rings. The van der Waals surface area contributed by atoms with Crippen molar-refractivity contribution in [1.29, 1.82) is 0 Å². The first-order valence-electron chi connectivity index (χ1n) is 10.1. The van der Waals surface area contributed by atoms with Gasteiger partial charge in [-0.1, -0.05) is 12.1 Å². The van der Waals surface area contributed by atoms with Gasteiger partial charge in [0.05, 0.1) is 12.7 Å². The molecule has 2 heterocycles. The molecule has 0 aliphatic heterocycles. The Bertz CT molecular complexity index is 940. The van der Waals surface area contributed by atoms with Crippen LogP contribution in [0.3, 0.4) is 0 Å². The summed E-state index contributed by atoms with van der Waals surface area (Å²) in [4.78, 5) is 37.9. The maximum absolute atomic E-state index is 12.5. The smallest absolute Gasteiger partial charge is 0.326 e. The molecule has 0 radical (unpaired) electrons. The van der Waals surface area contributed by atoms with Gasteiger partial charge < -0.3 is 31.4 Å². The van der Waals surface area contributed by atoms with Crippen LogP contribution >= 0.6 is 0 Å². The van der Waals surface area contributed by atoms with Gasteiger partial charge in [0.15, 0.2) is 0 Å². The van der Waals surface area contributed by atoms with Crippen LogP contribution in [0, 0.1) is 0 Å². The van der Waals surface area contributed by atoms with E-state index in [2.05, 4.69) is 30.6 Å². The molecule has 1 unspecified atom stereocenters. The SMILES string of the molecule is NC(Cc1cnc[nH]1)c1ccc(C(=O)N[C@@H](CCCNCc2cnc[nH]2)C(=O)O)cc1. The van der Waals surface area contributed by atoms with Gasteiger partial charge in [-0.15, -0.1) is 0 Å². The molecule has 2 atom stereocenters. The molecule has 10 heteroatoms. The van der Waals surface area contributed by atoms with Gasteiger partial charge in [0, 0.05) is 48.4 Å². The van der Waals surface area contributed by atoms with Crippen molar-refractivity contribution in [3.8, 4) is 0 Å². The summed E-state index contributed by atoms with van der Waals surface area (Å²) in [6.45, 7) is 1.25. The number of aliphatic carboxylic acids is 1. The van der Waals surface area contributed by atoms with Crippen molar-refractivity contribution in [2.24, 2.45) is 5.73 Å². The van der Waals surface area contributed by atoms with Gasteiger partial charge in [-0.3, -0.25) is 4.79 Å². The van der Waals surface area contributed by atoms with Crippen molar-refractivity contribution in [2.45, 2.75) is 37.9 Å². The molecule has 0 spiro atoms. The van der Waals surface area contributed by atoms with Crippen molar-refractivity contribution in [1.82, 2.24) is 30.6 Å². The molecule has 164 valence electrons. The van der Waals surface area contributed by atoms with Gasteiger partial charge in [0.25, 0.3) is 5.91 Å². The lowest BCUT2D eigenvalue weighted by Crippen LogP contribution is -2.41. The average molecular weight is 425 g/mol. The number of hydrogen-bond donors (Lipinski definition) is 6. The molecule has 2 aromatic heterocycles. The molecule has 7 N–H and O–H groups in total. The van der Waals surface area contributed by atoms with Crippen LogP contribution in [-0.4, -0.2) is 49.5 Å². The highest BCUT2D eigenvalue weighted by Gasteiger charge is 2.20. The Morgan fingerprint density at radius 3 is 2.35 bits per heavy atom. The number of benzene rings is 1. The van der Waals surface area contributed by atoms with Crippen LogP contribution in [0.25, 0.3) is 0 Å². The van der Waals surface area contributed by atoms with Crippen LogP contribution in [0.2, 0.25) is 0 Å². The van der Waals surface area contributed by atoms with Crippen LogP contribution in [0.4, 0.5) is 0 Å². The Morgan fingerprint density at radius 2 is 1.74 bits per heavy atom. The first-order chi connectivity index (χ1) is 15.0. The molecule has 3 rings (SSSR count). The number of carbonyl (C=O) groups is 2. The van der Waals surface area contributed by atoms with E-state index in [-0.39, 0.29) is 6.04 Å². The lowest BCUT2D eigenvalue weighted by Gasteiger charge is -2.15. The molecule has 10 nitrogen and oxygen atoms in total. The summed E-state index contributed by atoms with van der Waals surface area (Å²) in [5.41, 5.74) is 9.36. The van der Waals surface area contributed by atoms with Crippen LogP contribution < -0.4 is 16.4 Å². The van der Waals surface area contributed by atoms with Crippen LogP contribution in [-0.2, 0) is 17.8 Å². The molecule has 0 aliphatic rings. The topological polar surface area (TPSA) is 162 Å². The van der Waals surface area contributed by atoms with Gasteiger partial charge in [0.1, 0.15) is 6.04 Å². The number of carboxylic acids is 1. The molecule has 31 heavy (non-hydrogen) atoms. The second-order valence-electron chi connectivity index (χ2n) is 7.27. The van der Waals surface area contributed by atoms with Crippen LogP contribution in [0.15, 0.2) is 49.3 Å². The molecule has 1 amide bonds. The van der Waals surface area contributed by atoms with Crippen LogP contribution in [0.1, 0.15) is 46.2 Å². The van der Waals surface area contributed by atoms with E-state index in [1.807, 2.05) is 0 Å². The number of nitrogens with zero attached hydrogens (tertiary/aromatic N) is 2. The van der Waals surface area contributed by atoms with E-state index in [0.717, 1.165) is 17.0 Å². The van der Waals surface area contributed by atoms with Gasteiger partial charge in [0.2, 0.25) is 0 Å². The van der Waals surface area contributed by atoms with E-state index in [1.54, 1.807) is 49.3 Å². The van der Waals surface area contributed by atoms with Crippen molar-refractivity contribution < 1.29 is 14.7 Å². The standard InChI is InChI=1S/C21H27N7O3/c22-18(8-16-9-24-12-26-16)14-3-5-15(6-4-14)20(29)28-19(21(30)31)2-1-7-23-10-17-11-25-13-27-17/h3-6,9,11-13,18-19,23H,1-2,7-8,10,22H2,(H,24,26)(H,25,27)(H,28,29)(H,30,31)/t18?,19-/m0/s1. The summed E-state index contributed by atoms with van der Waals surface area (Å²) in [6.07, 6.45) is 8.18. The van der Waals surface area contributed by atoms with E-state index in [9.17, 15) is 14.7 Å². The van der Waals surface area contributed by atoms with Gasteiger partial charge in [-0.05, 0) is 37.1 Å². The molecule has 1 aromatic carbocycles. The number of carboxylic acid groups (broad SMARTS) is 1. The van der Waals surface area contributed by atoms with Crippen molar-refractivity contribution in [3.05, 3.63) is 71.8 Å². The Balaban J connectivity index is 1.46. The summed E-state index contributed by atoms with van der Waals surface area (Å²) in [5.74, 6) is -1.48. The maximum atomic E-state index is 12.5. The van der Waals surface area contributed by atoms with Crippen molar-refractivity contribution >= 4 is 11.9 Å². The largest absolute Gasteiger partial charge is 0.480 e. The molecular weight excluding hydrogens is 398 g/mol. The molecule has 0 fully saturated rings. The summed E-state index contributed by atoms with van der Waals surface area (Å²) < 4.78 is 0. The minimum atomic E-state index is -1.06. The van der Waals surface area contributed by atoms with E-state index >= 15 is 0 Å². The minimum absolute atomic E-state index is 0.237. The number of amides is 1. The Labute approximate surface area is 179 Å². The number of nitrogens with two attached hydrogens (primary N) is 1. The van der Waals surface area contributed by atoms with E-state index in [0.29, 0.717) is 37.9 Å². The van der Waals surface area contributed by atoms with Gasteiger partial charge >= 0.3 is 5.97 Å². The quantitative estimate of drug-likeness (QED) is 0.237. The third kappa shape index (κ3) is 6.76. The molecule has 0 saturated carbocycles. The minimum Gasteiger partial charge on any atom is -0.480 e. The predicted molar refractivity (Wildman–Crippen MR) is 114 cm³/mol. The fraction of sp³-hybridized carbons (Fsp3) is 0.333. The first kappa shape index (κ1) is 22.2. The lowest BCUT2D eigenvalue weighted by molar-refractivity contribution is -0.139. The van der Waals surface area contributed by atoms with E-state index < -0.39 is 17.9 Å². The lowest BCUT2D eigenvalue weighted by atomic mass is 10.0. The summed E-state index contributed by atoms with van der Waals surface area (Å²) in [5, 5.41) is 15.2. The Kier molecular flexibility index (Phi) is 7.91. The highest BCUT2D eigenvalue weighted by Crippen LogP contribution is 2.16. The number of carbonyl (C=O) groups excluding carboxylic acids is 1. The highest BCUT2D eigenvalue weighted by atomic mass is 16.4. The Morgan fingerprint density at radius 1 is 1.06 bits per heavy atom. The molecule has 0 bridgehead atoms. The number of imidazole rings is 2. The second-order valence-corrected chi connectivity index (χ2v) is 7.27. The van der Waals surface area contributed by atoms with Crippen molar-refractivity contribution in [3.63, 3.8) is 0 Å². The third-order valence-corrected chi connectivity index (χ3v) is 4.92. The number of hydrogen-bond acceptors (Lipinski definition) is 6. The fourth-order valence-corrected chi connectivity index (χ4v) is 3.17. The average Bonchev–Trinajstić information content (AvgIpc) is 3.47. The predicted octanol–water partition coefficient (Wildman–Crippen LogP) is 1.13.